The molecule has 1 atom stereocenters. The lowest BCUT2D eigenvalue weighted by atomic mass is 10.1. The maximum absolute atomic E-state index is 13.7. The Balaban J connectivity index is 2.42. The molecule has 0 amide bonds. The van der Waals surface area contributed by atoms with Gasteiger partial charge in [0.1, 0.15) is 17.7 Å². The predicted molar refractivity (Wildman–Crippen MR) is 71.8 cm³/mol. The minimum Gasteiger partial charge on any atom is -0.383 e. The van der Waals surface area contributed by atoms with Crippen molar-refractivity contribution in [1.82, 2.24) is 0 Å². The molecule has 96 valence electrons. The zero-order chi connectivity index (χ0) is 13.3. The molecule has 0 aliphatic carbocycles. The highest BCUT2D eigenvalue weighted by molar-refractivity contribution is 9.10. The van der Waals surface area contributed by atoms with Crippen LogP contribution in [0.4, 0.5) is 8.78 Å². The largest absolute Gasteiger partial charge is 0.383 e. The van der Waals surface area contributed by atoms with Gasteiger partial charge in [-0.1, -0.05) is 22.9 Å². The van der Waals surface area contributed by atoms with Crippen molar-refractivity contribution in [2.24, 2.45) is 0 Å². The van der Waals surface area contributed by atoms with Gasteiger partial charge >= 0.3 is 0 Å². The fraction of sp³-hybridized carbons (Fsp3) is 0.231. The van der Waals surface area contributed by atoms with Crippen LogP contribution in [0, 0.1) is 11.6 Å². The van der Waals surface area contributed by atoms with Gasteiger partial charge in [-0.25, -0.2) is 8.78 Å². The summed E-state index contributed by atoms with van der Waals surface area (Å²) in [6.45, 7) is 1.99. The highest BCUT2D eigenvalue weighted by Crippen LogP contribution is 2.32. The first-order valence-electron chi connectivity index (χ1n) is 5.44. The van der Waals surface area contributed by atoms with Gasteiger partial charge in [0.25, 0.3) is 0 Å². The molecular formula is C13H11BrF2OS. The van der Waals surface area contributed by atoms with Gasteiger partial charge in [-0.15, -0.1) is 11.3 Å². The topological polar surface area (TPSA) is 20.2 Å². The van der Waals surface area contributed by atoms with Crippen LogP contribution >= 0.6 is 27.3 Å². The third kappa shape index (κ3) is 2.63. The van der Waals surface area contributed by atoms with E-state index in [4.69, 9.17) is 0 Å². The molecule has 2 rings (SSSR count). The maximum Gasteiger partial charge on any atom is 0.133 e. The van der Waals surface area contributed by atoms with Crippen LogP contribution in [0.25, 0.3) is 0 Å². The first-order valence-corrected chi connectivity index (χ1v) is 7.05. The molecular weight excluding hydrogens is 322 g/mol. The molecule has 0 radical (unpaired) electrons. The number of benzene rings is 1. The molecule has 18 heavy (non-hydrogen) atoms. The molecule has 1 heterocycles. The summed E-state index contributed by atoms with van der Waals surface area (Å²) in [5, 5.41) is 10.1. The number of aliphatic hydroxyl groups is 1. The lowest BCUT2D eigenvalue weighted by molar-refractivity contribution is 0.212. The Hall–Kier alpha value is -0.780. The van der Waals surface area contributed by atoms with Gasteiger partial charge in [0.05, 0.1) is 5.56 Å². The number of hydrogen-bond acceptors (Lipinski definition) is 2. The summed E-state index contributed by atoms with van der Waals surface area (Å²) in [4.78, 5) is 1.62. The molecule has 1 aromatic carbocycles. The molecule has 0 aliphatic rings. The molecule has 1 N–H and O–H groups in total. The Morgan fingerprint density at radius 1 is 1.28 bits per heavy atom. The van der Waals surface area contributed by atoms with Crippen molar-refractivity contribution in [2.75, 3.05) is 0 Å². The summed E-state index contributed by atoms with van der Waals surface area (Å²) in [5.41, 5.74) is -0.303. The number of halogens is 3. The average Bonchev–Trinajstić information content (AvgIpc) is 2.75. The molecule has 0 bridgehead atoms. The Bertz CT molecular complexity index is 545. The third-order valence-corrected chi connectivity index (χ3v) is 4.36. The first kappa shape index (κ1) is 13.6. The lowest BCUT2D eigenvalue weighted by Crippen LogP contribution is -2.04. The van der Waals surface area contributed by atoms with E-state index in [-0.39, 0.29) is 5.56 Å². The number of hydrogen-bond donors (Lipinski definition) is 1. The summed E-state index contributed by atoms with van der Waals surface area (Å²) >= 11 is 4.37. The smallest absolute Gasteiger partial charge is 0.133 e. The van der Waals surface area contributed by atoms with Crippen molar-refractivity contribution in [1.29, 1.82) is 0 Å². The molecule has 1 aromatic heterocycles. The van der Waals surface area contributed by atoms with E-state index < -0.39 is 17.7 Å². The molecule has 1 unspecified atom stereocenters. The molecule has 0 spiro atoms. The van der Waals surface area contributed by atoms with Gasteiger partial charge in [-0.3, -0.25) is 0 Å². The number of thiophene rings is 1. The van der Waals surface area contributed by atoms with Crippen LogP contribution in [0.1, 0.15) is 28.3 Å². The SMILES string of the molecule is CCc1ccc(C(O)c2c(F)cc(Br)cc2F)s1. The van der Waals surface area contributed by atoms with Crippen LogP contribution in [0.2, 0.25) is 0 Å². The van der Waals surface area contributed by atoms with Crippen molar-refractivity contribution in [3.8, 4) is 0 Å². The first-order chi connectivity index (χ1) is 8.52. The Morgan fingerprint density at radius 3 is 2.39 bits per heavy atom. The highest BCUT2D eigenvalue weighted by atomic mass is 79.9. The predicted octanol–water partition coefficient (Wildman–Crippen LogP) is 4.43. The number of aliphatic hydroxyl groups excluding tert-OH is 1. The van der Waals surface area contributed by atoms with E-state index in [2.05, 4.69) is 15.9 Å². The van der Waals surface area contributed by atoms with Gasteiger partial charge in [0.2, 0.25) is 0 Å². The maximum atomic E-state index is 13.7. The van der Waals surface area contributed by atoms with Crippen molar-refractivity contribution in [3.63, 3.8) is 0 Å². The second-order valence-corrected chi connectivity index (χ2v) is 5.96. The quantitative estimate of drug-likeness (QED) is 0.881. The molecule has 2 aromatic rings. The molecule has 0 saturated carbocycles. The van der Waals surface area contributed by atoms with Crippen molar-refractivity contribution >= 4 is 27.3 Å². The van der Waals surface area contributed by atoms with Crippen molar-refractivity contribution in [2.45, 2.75) is 19.4 Å². The lowest BCUT2D eigenvalue weighted by Gasteiger charge is -2.11. The van der Waals surface area contributed by atoms with E-state index in [0.29, 0.717) is 9.35 Å². The normalized spacial score (nSPS) is 12.7. The molecule has 0 aliphatic heterocycles. The van der Waals surface area contributed by atoms with E-state index in [9.17, 15) is 13.9 Å². The van der Waals surface area contributed by atoms with E-state index in [1.165, 1.54) is 11.3 Å². The summed E-state index contributed by atoms with van der Waals surface area (Å²) in [6.07, 6.45) is -0.425. The van der Waals surface area contributed by atoms with Gasteiger partial charge in [-0.05, 0) is 30.7 Å². The van der Waals surface area contributed by atoms with Crippen molar-refractivity contribution < 1.29 is 13.9 Å². The molecule has 0 fully saturated rings. The average molecular weight is 333 g/mol. The van der Waals surface area contributed by atoms with E-state index in [1.54, 1.807) is 6.07 Å². The van der Waals surface area contributed by atoms with Gasteiger partial charge < -0.3 is 5.11 Å². The zero-order valence-electron chi connectivity index (χ0n) is 9.58. The standard InChI is InChI=1S/C13H11BrF2OS/c1-2-8-3-4-11(18-8)13(17)12-9(15)5-7(14)6-10(12)16/h3-6,13,17H,2H2,1H3. The molecule has 5 heteroatoms. The highest BCUT2D eigenvalue weighted by Gasteiger charge is 2.21. The van der Waals surface area contributed by atoms with Crippen LogP contribution in [0.5, 0.6) is 0 Å². The minimum absolute atomic E-state index is 0.303. The van der Waals surface area contributed by atoms with Crippen LogP contribution in [-0.2, 0) is 6.42 Å². The van der Waals surface area contributed by atoms with Gasteiger partial charge in [0, 0.05) is 14.2 Å². The van der Waals surface area contributed by atoms with Crippen LogP contribution in [-0.4, -0.2) is 5.11 Å². The Labute approximate surface area is 116 Å². The van der Waals surface area contributed by atoms with E-state index >= 15 is 0 Å². The van der Waals surface area contributed by atoms with Crippen LogP contribution in [0.3, 0.4) is 0 Å². The minimum atomic E-state index is -1.26. The molecule has 0 saturated heterocycles. The number of rotatable bonds is 3. The van der Waals surface area contributed by atoms with E-state index in [0.717, 1.165) is 23.4 Å². The summed E-state index contributed by atoms with van der Waals surface area (Å²) in [7, 11) is 0. The molecule has 1 nitrogen and oxygen atoms in total. The van der Waals surface area contributed by atoms with E-state index in [1.807, 2.05) is 13.0 Å². The second-order valence-electron chi connectivity index (χ2n) is 3.84. The third-order valence-electron chi connectivity index (χ3n) is 2.62. The zero-order valence-corrected chi connectivity index (χ0v) is 12.0. The van der Waals surface area contributed by atoms with Crippen LogP contribution < -0.4 is 0 Å². The fourth-order valence-corrected chi connectivity index (χ4v) is 3.04. The van der Waals surface area contributed by atoms with Gasteiger partial charge in [-0.2, -0.15) is 0 Å². The monoisotopic (exact) mass is 332 g/mol. The Morgan fingerprint density at radius 2 is 1.89 bits per heavy atom. The van der Waals surface area contributed by atoms with Gasteiger partial charge in [0.15, 0.2) is 0 Å². The summed E-state index contributed by atoms with van der Waals surface area (Å²) in [6, 6.07) is 5.86. The summed E-state index contributed by atoms with van der Waals surface area (Å²) in [5.74, 6) is -1.50. The fourth-order valence-electron chi connectivity index (χ4n) is 1.69. The van der Waals surface area contributed by atoms with Crippen LogP contribution in [0.15, 0.2) is 28.7 Å². The summed E-state index contributed by atoms with van der Waals surface area (Å²) < 4.78 is 27.7. The second kappa shape index (κ2) is 5.47. The number of aryl methyl sites for hydroxylation is 1. The van der Waals surface area contributed by atoms with Crippen molar-refractivity contribution in [3.05, 3.63) is 55.7 Å². The Kier molecular flexibility index (Phi) is 4.14.